The van der Waals surface area contributed by atoms with Crippen LogP contribution in [-0.2, 0) is 13.0 Å². The van der Waals surface area contributed by atoms with Crippen molar-refractivity contribution in [2.45, 2.75) is 19.9 Å². The summed E-state index contributed by atoms with van der Waals surface area (Å²) in [6, 6.07) is 13.5. The second-order valence-corrected chi connectivity index (χ2v) is 5.96. The number of benzene rings is 1. The van der Waals surface area contributed by atoms with Crippen LogP contribution in [0.4, 0.5) is 0 Å². The highest BCUT2D eigenvalue weighted by molar-refractivity contribution is 5.95. The summed E-state index contributed by atoms with van der Waals surface area (Å²) in [4.78, 5) is 18.7. The van der Waals surface area contributed by atoms with Gasteiger partial charge >= 0.3 is 0 Å². The van der Waals surface area contributed by atoms with Gasteiger partial charge in [-0.1, -0.05) is 18.2 Å². The van der Waals surface area contributed by atoms with Gasteiger partial charge in [-0.05, 0) is 36.8 Å². The molecule has 0 fully saturated rings. The zero-order valence-corrected chi connectivity index (χ0v) is 14.6. The van der Waals surface area contributed by atoms with Crippen molar-refractivity contribution >= 4 is 5.91 Å². The summed E-state index contributed by atoms with van der Waals surface area (Å²) in [7, 11) is 1.83. The average Bonchev–Trinajstić information content (AvgIpc) is 3.16. The number of likely N-dealkylation sites (N-methyl/N-ethyl adjacent to an activating group) is 1. The van der Waals surface area contributed by atoms with Crippen molar-refractivity contribution < 1.29 is 4.79 Å². The Hall–Kier alpha value is -2.95. The number of aryl methyl sites for hydroxylation is 1. The summed E-state index contributed by atoms with van der Waals surface area (Å²) in [6.45, 7) is 3.51. The minimum atomic E-state index is 0.0145. The van der Waals surface area contributed by atoms with Gasteiger partial charge in [0, 0.05) is 55.8 Å². The number of nitrogens with zero attached hydrogens (tertiary/aromatic N) is 4. The van der Waals surface area contributed by atoms with Crippen molar-refractivity contribution in [1.82, 2.24) is 19.7 Å². The quantitative estimate of drug-likeness (QED) is 0.695. The normalized spacial score (nSPS) is 10.6. The van der Waals surface area contributed by atoms with E-state index in [4.69, 9.17) is 0 Å². The number of carbonyl (C=O) groups excluding carboxylic acids is 1. The van der Waals surface area contributed by atoms with Crippen LogP contribution in [0, 0.1) is 0 Å². The van der Waals surface area contributed by atoms with Crippen LogP contribution in [0.25, 0.3) is 11.1 Å². The largest absolute Gasteiger partial charge is 0.341 e. The second-order valence-electron chi connectivity index (χ2n) is 5.96. The van der Waals surface area contributed by atoms with Crippen molar-refractivity contribution in [2.75, 3.05) is 13.6 Å². The van der Waals surface area contributed by atoms with Crippen LogP contribution in [0.2, 0.25) is 0 Å². The molecule has 1 aromatic carbocycles. The van der Waals surface area contributed by atoms with Crippen molar-refractivity contribution in [1.29, 1.82) is 0 Å². The predicted octanol–water partition coefficient (Wildman–Crippen LogP) is 3.28. The third-order valence-corrected chi connectivity index (χ3v) is 4.18. The Morgan fingerprint density at radius 2 is 2.04 bits per heavy atom. The Labute approximate surface area is 147 Å². The lowest BCUT2D eigenvalue weighted by Crippen LogP contribution is -2.29. The fraction of sp³-hybridized carbons (Fsp3) is 0.250. The number of hydrogen-bond acceptors (Lipinski definition) is 3. The van der Waals surface area contributed by atoms with Crippen molar-refractivity contribution in [3.05, 3.63) is 72.3 Å². The number of amides is 1. The molecule has 128 valence electrons. The lowest BCUT2D eigenvalue weighted by molar-refractivity contribution is 0.0796. The standard InChI is InChI=1S/C20H22N4O/c1-3-24-15-18(14-22-24)16-7-6-8-17(13-16)20(25)23(2)12-10-19-9-4-5-11-21-19/h4-9,11,13-15H,3,10,12H2,1-2H3. The summed E-state index contributed by atoms with van der Waals surface area (Å²) < 4.78 is 1.88. The third kappa shape index (κ3) is 4.12. The highest BCUT2D eigenvalue weighted by atomic mass is 16.2. The van der Waals surface area contributed by atoms with Crippen LogP contribution >= 0.6 is 0 Å². The molecular weight excluding hydrogens is 312 g/mol. The zero-order chi connectivity index (χ0) is 17.6. The highest BCUT2D eigenvalue weighted by Crippen LogP contribution is 2.20. The molecule has 0 spiro atoms. The van der Waals surface area contributed by atoms with Crippen LogP contribution < -0.4 is 0 Å². The molecule has 0 saturated carbocycles. The molecule has 2 aromatic heterocycles. The Bertz CT molecular complexity index is 842. The molecule has 3 rings (SSSR count). The van der Waals surface area contributed by atoms with Crippen molar-refractivity contribution in [2.24, 2.45) is 0 Å². The van der Waals surface area contributed by atoms with Crippen molar-refractivity contribution in [3.63, 3.8) is 0 Å². The number of pyridine rings is 1. The van der Waals surface area contributed by atoms with E-state index in [2.05, 4.69) is 10.1 Å². The Morgan fingerprint density at radius 3 is 2.76 bits per heavy atom. The summed E-state index contributed by atoms with van der Waals surface area (Å²) in [5.41, 5.74) is 3.70. The molecule has 0 aliphatic heterocycles. The summed E-state index contributed by atoms with van der Waals surface area (Å²) in [5, 5.41) is 4.30. The first kappa shape index (κ1) is 16.9. The minimum Gasteiger partial charge on any atom is -0.341 e. The number of aromatic nitrogens is 3. The van der Waals surface area contributed by atoms with Crippen molar-refractivity contribution in [3.8, 4) is 11.1 Å². The zero-order valence-electron chi connectivity index (χ0n) is 14.6. The summed E-state index contributed by atoms with van der Waals surface area (Å²) in [5.74, 6) is 0.0145. The van der Waals surface area contributed by atoms with Gasteiger partial charge in [-0.15, -0.1) is 0 Å². The van der Waals surface area contributed by atoms with Gasteiger partial charge in [0.2, 0.25) is 0 Å². The van der Waals surface area contributed by atoms with Gasteiger partial charge in [0.25, 0.3) is 5.91 Å². The molecule has 0 N–H and O–H groups in total. The summed E-state index contributed by atoms with van der Waals surface area (Å²) in [6.07, 6.45) is 6.34. The van der Waals surface area contributed by atoms with Gasteiger partial charge in [0.1, 0.15) is 0 Å². The van der Waals surface area contributed by atoms with Gasteiger partial charge in [0.15, 0.2) is 0 Å². The van der Waals surface area contributed by atoms with E-state index >= 15 is 0 Å². The molecule has 2 heterocycles. The van der Waals surface area contributed by atoms with E-state index in [0.29, 0.717) is 12.1 Å². The lowest BCUT2D eigenvalue weighted by Gasteiger charge is -2.17. The molecule has 0 aliphatic rings. The van der Waals surface area contributed by atoms with Gasteiger partial charge in [0.05, 0.1) is 6.20 Å². The highest BCUT2D eigenvalue weighted by Gasteiger charge is 2.13. The van der Waals surface area contributed by atoms with Crippen LogP contribution in [0.15, 0.2) is 61.1 Å². The molecular formula is C20H22N4O. The first-order chi connectivity index (χ1) is 12.2. The van der Waals surface area contributed by atoms with Crippen LogP contribution in [0.3, 0.4) is 0 Å². The Balaban J connectivity index is 1.70. The van der Waals surface area contributed by atoms with E-state index in [9.17, 15) is 4.79 Å². The molecule has 0 aliphatic carbocycles. The lowest BCUT2D eigenvalue weighted by atomic mass is 10.1. The van der Waals surface area contributed by atoms with E-state index in [1.54, 1.807) is 11.1 Å². The smallest absolute Gasteiger partial charge is 0.253 e. The molecule has 3 aromatic rings. The van der Waals surface area contributed by atoms with E-state index in [1.165, 1.54) is 0 Å². The van der Waals surface area contributed by atoms with Gasteiger partial charge < -0.3 is 4.90 Å². The molecule has 0 atom stereocenters. The van der Waals surface area contributed by atoms with E-state index in [-0.39, 0.29) is 5.91 Å². The van der Waals surface area contributed by atoms with Crippen LogP contribution in [0.5, 0.6) is 0 Å². The average molecular weight is 334 g/mol. The first-order valence-corrected chi connectivity index (χ1v) is 8.45. The van der Waals surface area contributed by atoms with E-state index < -0.39 is 0 Å². The van der Waals surface area contributed by atoms with Gasteiger partial charge in [-0.3, -0.25) is 14.5 Å². The summed E-state index contributed by atoms with van der Waals surface area (Å²) >= 11 is 0. The molecule has 0 unspecified atom stereocenters. The molecule has 0 radical (unpaired) electrons. The third-order valence-electron chi connectivity index (χ3n) is 4.18. The van der Waals surface area contributed by atoms with E-state index in [0.717, 1.165) is 29.8 Å². The SMILES string of the molecule is CCn1cc(-c2cccc(C(=O)N(C)CCc3ccccn3)c2)cn1. The Kier molecular flexibility index (Phi) is 5.23. The molecule has 0 saturated heterocycles. The van der Waals surface area contributed by atoms with Gasteiger partial charge in [-0.25, -0.2) is 0 Å². The predicted molar refractivity (Wildman–Crippen MR) is 98.2 cm³/mol. The fourth-order valence-electron chi connectivity index (χ4n) is 2.67. The van der Waals surface area contributed by atoms with E-state index in [1.807, 2.05) is 73.5 Å². The second kappa shape index (κ2) is 7.75. The van der Waals surface area contributed by atoms with Crippen LogP contribution in [-0.4, -0.2) is 39.2 Å². The molecule has 5 heteroatoms. The van der Waals surface area contributed by atoms with Gasteiger partial charge in [-0.2, -0.15) is 5.10 Å². The molecule has 5 nitrogen and oxygen atoms in total. The Morgan fingerprint density at radius 1 is 1.16 bits per heavy atom. The number of rotatable bonds is 6. The topological polar surface area (TPSA) is 51.0 Å². The molecule has 1 amide bonds. The molecule has 25 heavy (non-hydrogen) atoms. The van der Waals surface area contributed by atoms with Crippen LogP contribution in [0.1, 0.15) is 23.0 Å². The minimum absolute atomic E-state index is 0.0145. The number of carbonyl (C=O) groups is 1. The maximum atomic E-state index is 12.7. The maximum absolute atomic E-state index is 12.7. The fourth-order valence-corrected chi connectivity index (χ4v) is 2.67. The number of hydrogen-bond donors (Lipinski definition) is 0. The monoisotopic (exact) mass is 334 g/mol. The molecule has 0 bridgehead atoms. The maximum Gasteiger partial charge on any atom is 0.253 e. The first-order valence-electron chi connectivity index (χ1n) is 8.45.